The number of H-pyrrole nitrogens is 1. The van der Waals surface area contributed by atoms with Gasteiger partial charge in [-0.25, -0.2) is 4.39 Å². The average molecular weight is 455 g/mol. The zero-order chi connectivity index (χ0) is 23.9. The minimum atomic E-state index is -0.333. The lowest BCUT2D eigenvalue weighted by atomic mass is 9.87. The highest BCUT2D eigenvalue weighted by atomic mass is 19.1. The Balaban J connectivity index is 1.71. The molecule has 34 heavy (non-hydrogen) atoms. The number of benzene rings is 2. The molecular weight excluding hydrogens is 427 g/mol. The molecule has 0 saturated carbocycles. The Kier molecular flexibility index (Phi) is 7.34. The van der Waals surface area contributed by atoms with E-state index in [-0.39, 0.29) is 30.5 Å². The first-order valence-corrected chi connectivity index (χ1v) is 11.5. The lowest BCUT2D eigenvalue weighted by Crippen LogP contribution is -2.32. The molecule has 1 amide bonds. The van der Waals surface area contributed by atoms with Crippen LogP contribution < -0.4 is 0 Å². The summed E-state index contributed by atoms with van der Waals surface area (Å²) in [6, 6.07) is 18.5. The first-order chi connectivity index (χ1) is 16.6. The Bertz CT molecular complexity index is 1310. The lowest BCUT2D eigenvalue weighted by Gasteiger charge is -2.25. The van der Waals surface area contributed by atoms with Crippen molar-refractivity contribution in [1.29, 1.82) is 5.26 Å². The molecule has 1 unspecified atom stereocenters. The molecule has 4 rings (SSSR count). The minimum Gasteiger partial charge on any atom is -0.361 e. The molecule has 6 heteroatoms. The van der Waals surface area contributed by atoms with Gasteiger partial charge in [-0.2, -0.15) is 5.26 Å². The Morgan fingerprint density at radius 3 is 2.79 bits per heavy atom. The number of hydrogen-bond donors (Lipinski definition) is 1. The number of nitrogens with zero attached hydrogens (tertiary/aromatic N) is 3. The van der Waals surface area contributed by atoms with Gasteiger partial charge < -0.3 is 9.88 Å². The van der Waals surface area contributed by atoms with Crippen molar-refractivity contribution in [3.8, 4) is 6.07 Å². The Labute approximate surface area is 198 Å². The van der Waals surface area contributed by atoms with Gasteiger partial charge in [0.15, 0.2) is 0 Å². The van der Waals surface area contributed by atoms with Crippen molar-refractivity contribution in [2.24, 2.45) is 0 Å². The van der Waals surface area contributed by atoms with Crippen LogP contribution in [0.5, 0.6) is 0 Å². The molecule has 0 bridgehead atoms. The largest absolute Gasteiger partial charge is 0.361 e. The first-order valence-electron chi connectivity index (χ1n) is 11.5. The number of aromatic amines is 1. The quantitative estimate of drug-likeness (QED) is 0.351. The molecule has 1 N–H and O–H groups in total. The maximum absolute atomic E-state index is 14.2. The number of fused-ring (bicyclic) bond motifs is 1. The standard InChI is InChI=1S/C28H27FN4O/c1-2-21-8-4-11-24-26(18-32-28(21)24)25(22-9-3-10-23(29)15-22)16-27(34)33(14-6-12-30)19-20-7-5-13-31-17-20/h3-5,7-11,13,15,17-18,25,32H,2,6,14,16,19H2,1H3. The van der Waals surface area contributed by atoms with Crippen LogP contribution in [0.15, 0.2) is 73.2 Å². The number of nitrogens with one attached hydrogen (secondary N) is 1. The highest BCUT2D eigenvalue weighted by molar-refractivity contribution is 5.88. The van der Waals surface area contributed by atoms with Crippen molar-refractivity contribution in [1.82, 2.24) is 14.9 Å². The zero-order valence-electron chi connectivity index (χ0n) is 19.2. The van der Waals surface area contributed by atoms with Crippen LogP contribution in [-0.2, 0) is 17.8 Å². The number of para-hydroxylation sites is 1. The molecule has 0 aliphatic rings. The number of amides is 1. The monoisotopic (exact) mass is 454 g/mol. The molecule has 0 saturated heterocycles. The van der Waals surface area contributed by atoms with Gasteiger partial charge in [-0.05, 0) is 46.9 Å². The van der Waals surface area contributed by atoms with Gasteiger partial charge in [-0.15, -0.1) is 0 Å². The first kappa shape index (κ1) is 23.2. The summed E-state index contributed by atoms with van der Waals surface area (Å²) in [5.41, 5.74) is 4.85. The molecular formula is C28H27FN4O. The molecule has 0 fully saturated rings. The molecule has 2 aromatic carbocycles. The van der Waals surface area contributed by atoms with Crippen molar-refractivity contribution in [3.63, 3.8) is 0 Å². The van der Waals surface area contributed by atoms with Gasteiger partial charge in [0.05, 0.1) is 12.5 Å². The summed E-state index contributed by atoms with van der Waals surface area (Å²) in [5.74, 6) is -0.752. The minimum absolute atomic E-state index is 0.0886. The third-order valence-corrected chi connectivity index (χ3v) is 6.16. The Hall–Kier alpha value is -3.98. The number of pyridine rings is 1. The van der Waals surface area contributed by atoms with Crippen LogP contribution in [0.4, 0.5) is 4.39 Å². The molecule has 2 aromatic heterocycles. The molecule has 0 aliphatic carbocycles. The number of carbonyl (C=O) groups excluding carboxylic acids is 1. The highest BCUT2D eigenvalue weighted by Gasteiger charge is 2.25. The van der Waals surface area contributed by atoms with Crippen molar-refractivity contribution < 1.29 is 9.18 Å². The fourth-order valence-electron chi connectivity index (χ4n) is 4.45. The number of nitriles is 1. The van der Waals surface area contributed by atoms with Crippen molar-refractivity contribution >= 4 is 16.8 Å². The van der Waals surface area contributed by atoms with Gasteiger partial charge in [0, 0.05) is 54.9 Å². The second kappa shape index (κ2) is 10.8. The number of aryl methyl sites for hydroxylation is 1. The molecule has 172 valence electrons. The number of halogens is 1. The normalized spacial score (nSPS) is 11.8. The van der Waals surface area contributed by atoms with E-state index in [1.54, 1.807) is 23.4 Å². The number of hydrogen-bond acceptors (Lipinski definition) is 3. The third kappa shape index (κ3) is 5.15. The fraction of sp³-hybridized carbons (Fsp3) is 0.250. The molecule has 0 radical (unpaired) electrons. The van der Waals surface area contributed by atoms with E-state index >= 15 is 0 Å². The van der Waals surface area contributed by atoms with Crippen LogP contribution in [0.1, 0.15) is 47.9 Å². The van der Waals surface area contributed by atoms with E-state index in [0.717, 1.165) is 34.0 Å². The second-order valence-electron chi connectivity index (χ2n) is 8.33. The summed E-state index contributed by atoms with van der Waals surface area (Å²) in [6.45, 7) is 2.81. The van der Waals surface area contributed by atoms with E-state index < -0.39 is 0 Å². The van der Waals surface area contributed by atoms with E-state index in [0.29, 0.717) is 13.1 Å². The molecule has 2 heterocycles. The lowest BCUT2D eigenvalue weighted by molar-refractivity contribution is -0.132. The average Bonchev–Trinajstić information content (AvgIpc) is 3.29. The molecule has 0 aliphatic heterocycles. The maximum Gasteiger partial charge on any atom is 0.223 e. The zero-order valence-corrected chi connectivity index (χ0v) is 19.2. The van der Waals surface area contributed by atoms with Crippen LogP contribution in [0, 0.1) is 17.1 Å². The highest BCUT2D eigenvalue weighted by Crippen LogP contribution is 2.35. The van der Waals surface area contributed by atoms with Gasteiger partial charge in [0.25, 0.3) is 0 Å². The smallest absolute Gasteiger partial charge is 0.223 e. The summed E-state index contributed by atoms with van der Waals surface area (Å²) in [5, 5.41) is 10.2. The summed E-state index contributed by atoms with van der Waals surface area (Å²) in [6.07, 6.45) is 6.64. The predicted octanol–water partition coefficient (Wildman–Crippen LogP) is 5.73. The summed E-state index contributed by atoms with van der Waals surface area (Å²) in [7, 11) is 0. The van der Waals surface area contributed by atoms with E-state index in [1.165, 1.54) is 17.7 Å². The van der Waals surface area contributed by atoms with Gasteiger partial charge >= 0.3 is 0 Å². The van der Waals surface area contributed by atoms with Crippen LogP contribution >= 0.6 is 0 Å². The number of rotatable bonds is 9. The number of aromatic nitrogens is 2. The summed E-state index contributed by atoms with van der Waals surface area (Å²) in [4.78, 5) is 22.8. The van der Waals surface area contributed by atoms with Crippen LogP contribution in [-0.4, -0.2) is 27.3 Å². The SMILES string of the molecule is CCc1cccc2c(C(CC(=O)N(CCC#N)Cc3cccnc3)c3cccc(F)c3)c[nH]c12. The van der Waals surface area contributed by atoms with Gasteiger partial charge in [-0.3, -0.25) is 9.78 Å². The van der Waals surface area contributed by atoms with E-state index in [1.807, 2.05) is 36.5 Å². The second-order valence-corrected chi connectivity index (χ2v) is 8.33. The van der Waals surface area contributed by atoms with Crippen molar-refractivity contribution in [3.05, 3.63) is 101 Å². The van der Waals surface area contributed by atoms with Crippen LogP contribution in [0.25, 0.3) is 10.9 Å². The van der Waals surface area contributed by atoms with Gasteiger partial charge in [-0.1, -0.05) is 43.3 Å². The van der Waals surface area contributed by atoms with Gasteiger partial charge in [0.1, 0.15) is 5.82 Å². The van der Waals surface area contributed by atoms with E-state index in [4.69, 9.17) is 5.26 Å². The van der Waals surface area contributed by atoms with Crippen LogP contribution in [0.2, 0.25) is 0 Å². The summed E-state index contributed by atoms with van der Waals surface area (Å²) < 4.78 is 14.2. The molecule has 1 atom stereocenters. The fourth-order valence-corrected chi connectivity index (χ4v) is 4.45. The third-order valence-electron chi connectivity index (χ3n) is 6.16. The van der Waals surface area contributed by atoms with Gasteiger partial charge in [0.2, 0.25) is 5.91 Å². The Morgan fingerprint density at radius 1 is 1.21 bits per heavy atom. The maximum atomic E-state index is 14.2. The molecule has 4 aromatic rings. The van der Waals surface area contributed by atoms with E-state index in [2.05, 4.69) is 29.0 Å². The topological polar surface area (TPSA) is 72.8 Å². The summed E-state index contributed by atoms with van der Waals surface area (Å²) >= 11 is 0. The number of carbonyl (C=O) groups is 1. The van der Waals surface area contributed by atoms with E-state index in [9.17, 15) is 9.18 Å². The molecule has 0 spiro atoms. The molecule has 5 nitrogen and oxygen atoms in total. The van der Waals surface area contributed by atoms with Crippen molar-refractivity contribution in [2.75, 3.05) is 6.54 Å². The Morgan fingerprint density at radius 2 is 2.06 bits per heavy atom. The van der Waals surface area contributed by atoms with Crippen molar-refractivity contribution in [2.45, 2.75) is 38.6 Å². The predicted molar refractivity (Wildman–Crippen MR) is 130 cm³/mol. The van der Waals surface area contributed by atoms with Crippen LogP contribution in [0.3, 0.4) is 0 Å².